The zero-order chi connectivity index (χ0) is 18.0. The zero-order valence-corrected chi connectivity index (χ0v) is 14.3. The van der Waals surface area contributed by atoms with Gasteiger partial charge in [-0.05, 0) is 24.3 Å². The van der Waals surface area contributed by atoms with Gasteiger partial charge in [-0.2, -0.15) is 0 Å². The van der Waals surface area contributed by atoms with Crippen molar-refractivity contribution in [2.45, 2.75) is 13.0 Å². The lowest BCUT2D eigenvalue weighted by molar-refractivity contribution is -0.115. The van der Waals surface area contributed by atoms with E-state index in [1.807, 2.05) is 18.0 Å². The van der Waals surface area contributed by atoms with Crippen LogP contribution in [0.1, 0.15) is 22.3 Å². The largest absolute Gasteiger partial charge is 0.372 e. The predicted molar refractivity (Wildman–Crippen MR) is 95.2 cm³/mol. The summed E-state index contributed by atoms with van der Waals surface area (Å²) < 4.78 is 13.8. The Hall–Kier alpha value is -2.89. The SMILES string of the molecule is CN(Cc1ccccc1F)C(=O)c1ccc2c(c1)NC(=O)CCN2C. The molecule has 6 heteroatoms. The molecule has 1 aliphatic heterocycles. The van der Waals surface area contributed by atoms with E-state index in [0.717, 1.165) is 5.69 Å². The molecule has 25 heavy (non-hydrogen) atoms. The molecule has 0 saturated carbocycles. The van der Waals surface area contributed by atoms with E-state index >= 15 is 0 Å². The molecule has 0 spiro atoms. The number of halogens is 1. The van der Waals surface area contributed by atoms with E-state index in [1.54, 1.807) is 37.4 Å². The molecule has 0 radical (unpaired) electrons. The van der Waals surface area contributed by atoms with E-state index in [4.69, 9.17) is 0 Å². The Labute approximate surface area is 146 Å². The van der Waals surface area contributed by atoms with Crippen LogP contribution in [-0.4, -0.2) is 37.4 Å². The molecule has 1 aliphatic rings. The van der Waals surface area contributed by atoms with Crippen molar-refractivity contribution in [1.82, 2.24) is 4.90 Å². The Morgan fingerprint density at radius 2 is 2.04 bits per heavy atom. The summed E-state index contributed by atoms with van der Waals surface area (Å²) in [5.74, 6) is -0.639. The molecule has 1 N–H and O–H groups in total. The van der Waals surface area contributed by atoms with Crippen molar-refractivity contribution >= 4 is 23.2 Å². The van der Waals surface area contributed by atoms with Crippen LogP contribution in [0.2, 0.25) is 0 Å². The number of rotatable bonds is 3. The van der Waals surface area contributed by atoms with Gasteiger partial charge in [-0.1, -0.05) is 18.2 Å². The first-order chi connectivity index (χ1) is 12.0. The molecule has 0 atom stereocenters. The highest BCUT2D eigenvalue weighted by molar-refractivity contribution is 6.00. The molecular weight excluding hydrogens is 321 g/mol. The maximum atomic E-state index is 13.8. The van der Waals surface area contributed by atoms with Crippen molar-refractivity contribution in [2.75, 3.05) is 30.9 Å². The van der Waals surface area contributed by atoms with Crippen molar-refractivity contribution < 1.29 is 14.0 Å². The number of carbonyl (C=O) groups is 2. The van der Waals surface area contributed by atoms with E-state index in [0.29, 0.717) is 29.8 Å². The minimum atomic E-state index is -0.335. The summed E-state index contributed by atoms with van der Waals surface area (Å²) in [6.45, 7) is 0.800. The van der Waals surface area contributed by atoms with Crippen molar-refractivity contribution in [3.05, 3.63) is 59.4 Å². The molecule has 0 aliphatic carbocycles. The summed E-state index contributed by atoms with van der Waals surface area (Å²) in [5, 5.41) is 2.83. The van der Waals surface area contributed by atoms with Crippen LogP contribution in [0.3, 0.4) is 0 Å². The third-order valence-corrected chi connectivity index (χ3v) is 4.32. The predicted octanol–water partition coefficient (Wildman–Crippen LogP) is 2.88. The first kappa shape index (κ1) is 17.0. The Kier molecular flexibility index (Phi) is 4.70. The van der Waals surface area contributed by atoms with Crippen LogP contribution >= 0.6 is 0 Å². The van der Waals surface area contributed by atoms with Crippen LogP contribution < -0.4 is 10.2 Å². The molecule has 0 saturated heterocycles. The monoisotopic (exact) mass is 341 g/mol. The number of fused-ring (bicyclic) bond motifs is 1. The number of amides is 2. The maximum absolute atomic E-state index is 13.8. The molecule has 2 amide bonds. The third kappa shape index (κ3) is 3.63. The van der Waals surface area contributed by atoms with Crippen LogP contribution in [0.5, 0.6) is 0 Å². The number of hydrogen-bond acceptors (Lipinski definition) is 3. The summed E-state index contributed by atoms with van der Waals surface area (Å²) >= 11 is 0. The molecule has 0 bridgehead atoms. The number of anilines is 2. The first-order valence-electron chi connectivity index (χ1n) is 8.09. The van der Waals surface area contributed by atoms with Gasteiger partial charge in [0.25, 0.3) is 5.91 Å². The summed E-state index contributed by atoms with van der Waals surface area (Å²) in [4.78, 5) is 27.9. The molecule has 0 unspecified atom stereocenters. The smallest absolute Gasteiger partial charge is 0.253 e. The van der Waals surface area contributed by atoms with Crippen molar-refractivity contribution in [3.63, 3.8) is 0 Å². The van der Waals surface area contributed by atoms with E-state index in [9.17, 15) is 14.0 Å². The van der Waals surface area contributed by atoms with Crippen molar-refractivity contribution in [1.29, 1.82) is 0 Å². The van der Waals surface area contributed by atoms with Gasteiger partial charge in [-0.15, -0.1) is 0 Å². The molecule has 2 aromatic carbocycles. The molecule has 1 heterocycles. The number of nitrogens with one attached hydrogen (secondary N) is 1. The lowest BCUT2D eigenvalue weighted by Gasteiger charge is -2.21. The fourth-order valence-electron chi connectivity index (χ4n) is 2.88. The van der Waals surface area contributed by atoms with Gasteiger partial charge >= 0.3 is 0 Å². The molecule has 0 aromatic heterocycles. The normalized spacial score (nSPS) is 13.7. The lowest BCUT2D eigenvalue weighted by Crippen LogP contribution is -2.27. The molecule has 3 rings (SSSR count). The van der Waals surface area contributed by atoms with Crippen molar-refractivity contribution in [2.24, 2.45) is 0 Å². The van der Waals surface area contributed by atoms with Gasteiger partial charge < -0.3 is 15.1 Å². The summed E-state index contributed by atoms with van der Waals surface area (Å²) in [7, 11) is 3.54. The van der Waals surface area contributed by atoms with Crippen LogP contribution in [0, 0.1) is 5.82 Å². The van der Waals surface area contributed by atoms with Gasteiger partial charge in [0.15, 0.2) is 0 Å². The quantitative estimate of drug-likeness (QED) is 0.934. The van der Waals surface area contributed by atoms with Gasteiger partial charge in [0.2, 0.25) is 5.91 Å². The van der Waals surface area contributed by atoms with Crippen LogP contribution in [0.4, 0.5) is 15.8 Å². The average molecular weight is 341 g/mol. The Morgan fingerprint density at radius 1 is 1.28 bits per heavy atom. The Bertz CT molecular complexity index is 822. The zero-order valence-electron chi connectivity index (χ0n) is 14.3. The molecule has 5 nitrogen and oxygen atoms in total. The standard InChI is InChI=1S/C19H20FN3O2/c1-22-10-9-18(24)21-16-11-13(7-8-17(16)22)19(25)23(2)12-14-5-3-4-6-15(14)20/h3-8,11H,9-10,12H2,1-2H3,(H,21,24). The topological polar surface area (TPSA) is 52.7 Å². The second-order valence-electron chi connectivity index (χ2n) is 6.20. The van der Waals surface area contributed by atoms with Gasteiger partial charge in [-0.25, -0.2) is 4.39 Å². The second-order valence-corrected chi connectivity index (χ2v) is 6.20. The Morgan fingerprint density at radius 3 is 2.80 bits per heavy atom. The van der Waals surface area contributed by atoms with Crippen LogP contribution in [-0.2, 0) is 11.3 Å². The van der Waals surface area contributed by atoms with E-state index < -0.39 is 0 Å². The highest BCUT2D eigenvalue weighted by Crippen LogP contribution is 2.29. The van der Waals surface area contributed by atoms with E-state index in [2.05, 4.69) is 5.32 Å². The average Bonchev–Trinajstić information content (AvgIpc) is 2.74. The molecule has 130 valence electrons. The van der Waals surface area contributed by atoms with Gasteiger partial charge in [0.1, 0.15) is 5.82 Å². The van der Waals surface area contributed by atoms with Crippen LogP contribution in [0.15, 0.2) is 42.5 Å². The van der Waals surface area contributed by atoms with Gasteiger partial charge in [0.05, 0.1) is 11.4 Å². The van der Waals surface area contributed by atoms with Crippen LogP contribution in [0.25, 0.3) is 0 Å². The van der Waals surface area contributed by atoms with Crippen molar-refractivity contribution in [3.8, 4) is 0 Å². The summed E-state index contributed by atoms with van der Waals surface area (Å²) in [6, 6.07) is 11.6. The molecular formula is C19H20FN3O2. The fraction of sp³-hybridized carbons (Fsp3) is 0.263. The van der Waals surface area contributed by atoms with E-state index in [-0.39, 0.29) is 24.2 Å². The number of carbonyl (C=O) groups excluding carboxylic acids is 2. The van der Waals surface area contributed by atoms with Gasteiger partial charge in [-0.3, -0.25) is 9.59 Å². The van der Waals surface area contributed by atoms with Gasteiger partial charge in [0, 0.05) is 44.7 Å². The highest BCUT2D eigenvalue weighted by Gasteiger charge is 2.20. The minimum Gasteiger partial charge on any atom is -0.372 e. The molecule has 2 aromatic rings. The number of nitrogens with zero attached hydrogens (tertiary/aromatic N) is 2. The summed E-state index contributed by atoms with van der Waals surface area (Å²) in [6.07, 6.45) is 0.404. The lowest BCUT2D eigenvalue weighted by atomic mass is 10.1. The first-order valence-corrected chi connectivity index (χ1v) is 8.09. The minimum absolute atomic E-state index is 0.0742. The van der Waals surface area contributed by atoms with E-state index in [1.165, 1.54) is 11.0 Å². The Balaban J connectivity index is 1.83. The fourth-order valence-corrected chi connectivity index (χ4v) is 2.88. The number of hydrogen-bond donors (Lipinski definition) is 1. The third-order valence-electron chi connectivity index (χ3n) is 4.32. The molecule has 0 fully saturated rings. The second kappa shape index (κ2) is 6.93. The summed E-state index contributed by atoms with van der Waals surface area (Å²) in [5.41, 5.74) is 2.41. The maximum Gasteiger partial charge on any atom is 0.253 e. The highest BCUT2D eigenvalue weighted by atomic mass is 19.1. The number of benzene rings is 2.